The Hall–Kier alpha value is -1.81. The summed E-state index contributed by atoms with van der Waals surface area (Å²) in [4.78, 5) is 11.9. The summed E-state index contributed by atoms with van der Waals surface area (Å²) in [6, 6.07) is 3.60. The zero-order valence-corrected chi connectivity index (χ0v) is 9.95. The van der Waals surface area contributed by atoms with E-state index in [4.69, 9.17) is 14.9 Å². The third kappa shape index (κ3) is 1.91. The van der Waals surface area contributed by atoms with E-state index in [1.54, 1.807) is 25.5 Å². The first kappa shape index (κ1) is 11.7. The number of ether oxygens (including phenoxy) is 1. The van der Waals surface area contributed by atoms with E-state index in [9.17, 15) is 4.79 Å². The average Bonchev–Trinajstić information content (AvgIpc) is 2.77. The Morgan fingerprint density at radius 3 is 2.94 bits per heavy atom. The summed E-state index contributed by atoms with van der Waals surface area (Å²) in [6.45, 7) is 2.25. The zero-order chi connectivity index (χ0) is 12.4. The van der Waals surface area contributed by atoms with Crippen LogP contribution in [0.25, 0.3) is 11.0 Å². The van der Waals surface area contributed by atoms with Crippen LogP contribution < -0.4 is 10.5 Å². The number of rotatable bonds is 4. The van der Waals surface area contributed by atoms with E-state index in [1.165, 1.54) is 0 Å². The SMILES string of the molecule is COc1c(C)cc(C(=O)CCN)c2occc12. The molecule has 0 amide bonds. The number of furan rings is 1. The minimum Gasteiger partial charge on any atom is -0.496 e. The van der Waals surface area contributed by atoms with E-state index >= 15 is 0 Å². The lowest BCUT2D eigenvalue weighted by molar-refractivity contribution is 0.0986. The Morgan fingerprint density at radius 1 is 1.53 bits per heavy atom. The van der Waals surface area contributed by atoms with Crippen molar-refractivity contribution < 1.29 is 13.9 Å². The second-order valence-electron chi connectivity index (χ2n) is 3.90. The predicted molar refractivity (Wildman–Crippen MR) is 65.5 cm³/mol. The summed E-state index contributed by atoms with van der Waals surface area (Å²) < 4.78 is 10.7. The van der Waals surface area contributed by atoms with Gasteiger partial charge in [-0.25, -0.2) is 0 Å². The van der Waals surface area contributed by atoms with Crippen LogP contribution in [0.1, 0.15) is 22.3 Å². The van der Waals surface area contributed by atoms with Crippen LogP contribution in [-0.2, 0) is 0 Å². The molecule has 1 aromatic heterocycles. The van der Waals surface area contributed by atoms with Gasteiger partial charge in [0.05, 0.1) is 24.3 Å². The minimum absolute atomic E-state index is 0.00166. The maximum absolute atomic E-state index is 11.9. The summed E-state index contributed by atoms with van der Waals surface area (Å²) in [5.74, 6) is 0.747. The third-order valence-corrected chi connectivity index (χ3v) is 2.75. The molecule has 0 spiro atoms. The number of fused-ring (bicyclic) bond motifs is 1. The summed E-state index contributed by atoms with van der Waals surface area (Å²) in [7, 11) is 1.61. The molecule has 0 unspecified atom stereocenters. The van der Waals surface area contributed by atoms with Crippen LogP contribution in [-0.4, -0.2) is 19.4 Å². The van der Waals surface area contributed by atoms with Gasteiger partial charge in [0.1, 0.15) is 11.3 Å². The zero-order valence-electron chi connectivity index (χ0n) is 9.95. The van der Waals surface area contributed by atoms with Crippen molar-refractivity contribution in [1.29, 1.82) is 0 Å². The number of benzene rings is 1. The molecule has 2 aromatic rings. The van der Waals surface area contributed by atoms with Crippen LogP contribution >= 0.6 is 0 Å². The molecular formula is C13H15NO3. The van der Waals surface area contributed by atoms with Crippen LogP contribution in [0.15, 0.2) is 22.8 Å². The molecule has 2 rings (SSSR count). The number of ketones is 1. The highest BCUT2D eigenvalue weighted by Gasteiger charge is 2.17. The Balaban J connectivity index is 2.65. The van der Waals surface area contributed by atoms with Crippen LogP contribution in [0.4, 0.5) is 0 Å². The first-order chi connectivity index (χ1) is 8.19. The normalized spacial score (nSPS) is 10.8. The lowest BCUT2D eigenvalue weighted by atomic mass is 10.0. The van der Waals surface area contributed by atoms with Crippen LogP contribution in [0.3, 0.4) is 0 Å². The second kappa shape index (κ2) is 4.59. The maximum atomic E-state index is 11.9. The molecule has 0 aliphatic rings. The van der Waals surface area contributed by atoms with E-state index in [0.29, 0.717) is 24.1 Å². The quantitative estimate of drug-likeness (QED) is 0.823. The maximum Gasteiger partial charge on any atom is 0.167 e. The molecule has 0 saturated carbocycles. The van der Waals surface area contributed by atoms with Gasteiger partial charge in [0.25, 0.3) is 0 Å². The lowest BCUT2D eigenvalue weighted by Crippen LogP contribution is -2.08. The molecule has 0 saturated heterocycles. The van der Waals surface area contributed by atoms with Crippen molar-refractivity contribution >= 4 is 16.8 Å². The van der Waals surface area contributed by atoms with E-state index in [-0.39, 0.29) is 5.78 Å². The Kier molecular flexibility index (Phi) is 3.15. The fourth-order valence-electron chi connectivity index (χ4n) is 2.00. The second-order valence-corrected chi connectivity index (χ2v) is 3.90. The Morgan fingerprint density at radius 2 is 2.29 bits per heavy atom. The van der Waals surface area contributed by atoms with Gasteiger partial charge in [-0.15, -0.1) is 0 Å². The number of hydrogen-bond acceptors (Lipinski definition) is 4. The molecule has 0 aliphatic heterocycles. The largest absolute Gasteiger partial charge is 0.496 e. The number of methoxy groups -OCH3 is 1. The number of carbonyl (C=O) groups is 1. The molecule has 0 radical (unpaired) electrons. The van der Waals surface area contributed by atoms with E-state index in [2.05, 4.69) is 0 Å². The van der Waals surface area contributed by atoms with Crippen molar-refractivity contribution in [3.05, 3.63) is 29.5 Å². The molecule has 90 valence electrons. The fourth-order valence-corrected chi connectivity index (χ4v) is 2.00. The number of nitrogens with two attached hydrogens (primary N) is 1. The van der Waals surface area contributed by atoms with Crippen molar-refractivity contribution in [2.24, 2.45) is 5.73 Å². The Bertz CT molecular complexity index is 557. The highest BCUT2D eigenvalue weighted by atomic mass is 16.5. The molecule has 4 heteroatoms. The molecule has 0 atom stereocenters. The number of aryl methyl sites for hydroxylation is 1. The van der Waals surface area contributed by atoms with Gasteiger partial charge in [-0.2, -0.15) is 0 Å². The monoisotopic (exact) mass is 233 g/mol. The molecule has 0 fully saturated rings. The lowest BCUT2D eigenvalue weighted by Gasteiger charge is -2.08. The van der Waals surface area contributed by atoms with Crippen molar-refractivity contribution in [2.75, 3.05) is 13.7 Å². The highest BCUT2D eigenvalue weighted by molar-refractivity contribution is 6.08. The van der Waals surface area contributed by atoms with Crippen molar-refractivity contribution in [1.82, 2.24) is 0 Å². The van der Waals surface area contributed by atoms with Crippen molar-refractivity contribution in [3.8, 4) is 5.75 Å². The summed E-state index contributed by atoms with van der Waals surface area (Å²) in [5.41, 5.74) is 7.47. The van der Waals surface area contributed by atoms with E-state index < -0.39 is 0 Å². The van der Waals surface area contributed by atoms with Crippen LogP contribution in [0.2, 0.25) is 0 Å². The number of hydrogen-bond donors (Lipinski definition) is 1. The highest BCUT2D eigenvalue weighted by Crippen LogP contribution is 2.33. The van der Waals surface area contributed by atoms with Crippen molar-refractivity contribution in [3.63, 3.8) is 0 Å². The van der Waals surface area contributed by atoms with Gasteiger partial charge in [-0.3, -0.25) is 4.79 Å². The molecular weight excluding hydrogens is 218 g/mol. The smallest absolute Gasteiger partial charge is 0.167 e. The number of carbonyl (C=O) groups excluding carboxylic acids is 1. The minimum atomic E-state index is -0.00166. The molecule has 1 aromatic carbocycles. The molecule has 17 heavy (non-hydrogen) atoms. The van der Waals surface area contributed by atoms with Gasteiger partial charge >= 0.3 is 0 Å². The van der Waals surface area contributed by atoms with Crippen LogP contribution in [0.5, 0.6) is 5.75 Å². The Labute approximate surface area is 99.3 Å². The first-order valence-corrected chi connectivity index (χ1v) is 5.47. The molecule has 0 bridgehead atoms. The topological polar surface area (TPSA) is 65.5 Å². The predicted octanol–water partition coefficient (Wildman–Crippen LogP) is 2.28. The van der Waals surface area contributed by atoms with Gasteiger partial charge in [0, 0.05) is 6.42 Å². The van der Waals surface area contributed by atoms with Gasteiger partial charge in [0.15, 0.2) is 5.78 Å². The fraction of sp³-hybridized carbons (Fsp3) is 0.308. The molecule has 4 nitrogen and oxygen atoms in total. The van der Waals surface area contributed by atoms with Gasteiger partial charge in [-0.1, -0.05) is 0 Å². The van der Waals surface area contributed by atoms with Gasteiger partial charge in [0.2, 0.25) is 0 Å². The van der Waals surface area contributed by atoms with Gasteiger partial charge in [-0.05, 0) is 31.2 Å². The van der Waals surface area contributed by atoms with Crippen LogP contribution in [0, 0.1) is 6.92 Å². The van der Waals surface area contributed by atoms with E-state index in [0.717, 1.165) is 16.7 Å². The molecule has 0 aliphatic carbocycles. The van der Waals surface area contributed by atoms with E-state index in [1.807, 2.05) is 6.92 Å². The average molecular weight is 233 g/mol. The summed E-state index contributed by atoms with van der Waals surface area (Å²) >= 11 is 0. The molecule has 1 heterocycles. The first-order valence-electron chi connectivity index (χ1n) is 5.47. The summed E-state index contributed by atoms with van der Waals surface area (Å²) in [5, 5.41) is 0.827. The third-order valence-electron chi connectivity index (χ3n) is 2.75. The van der Waals surface area contributed by atoms with Crippen molar-refractivity contribution in [2.45, 2.75) is 13.3 Å². The van der Waals surface area contributed by atoms with Gasteiger partial charge < -0.3 is 14.9 Å². The standard InChI is InChI=1S/C13H15NO3/c1-8-7-10(11(15)3-5-14)13-9(4-6-17-13)12(8)16-2/h4,6-7H,3,5,14H2,1-2H3. The summed E-state index contributed by atoms with van der Waals surface area (Å²) in [6.07, 6.45) is 1.88. The number of Topliss-reactive ketones (excluding diaryl/α,β-unsaturated/α-hetero) is 1. The molecule has 2 N–H and O–H groups in total.